The molecule has 1 aliphatic rings. The Labute approximate surface area is 148 Å². The Hall–Kier alpha value is -0.910. The van der Waals surface area contributed by atoms with Crippen LogP contribution in [0.25, 0.3) is 0 Å². The number of benzene rings is 1. The molecule has 0 unspecified atom stereocenters. The Kier molecular flexibility index (Phi) is 7.53. The van der Waals surface area contributed by atoms with Gasteiger partial charge in [-0.1, -0.05) is 23.7 Å². The van der Waals surface area contributed by atoms with Crippen LogP contribution in [0.4, 0.5) is 0 Å². The minimum absolute atomic E-state index is 0.245. The molecule has 0 saturated carbocycles. The highest BCUT2D eigenvalue weighted by atomic mass is 35.5. The first-order valence-corrected chi connectivity index (χ1v) is 9.67. The van der Waals surface area contributed by atoms with Crippen LogP contribution in [0.15, 0.2) is 29.3 Å². The van der Waals surface area contributed by atoms with Crippen molar-refractivity contribution in [1.29, 1.82) is 0 Å². The van der Waals surface area contributed by atoms with Crippen LogP contribution < -0.4 is 10.6 Å². The van der Waals surface area contributed by atoms with Crippen molar-refractivity contribution < 1.29 is 4.74 Å². The number of ether oxygens (including phenoxy) is 1. The van der Waals surface area contributed by atoms with E-state index in [0.717, 1.165) is 55.7 Å². The quantitative estimate of drug-likeness (QED) is 0.607. The summed E-state index contributed by atoms with van der Waals surface area (Å²) in [5.41, 5.74) is 1.15. The summed E-state index contributed by atoms with van der Waals surface area (Å²) in [5, 5.41) is 7.57. The zero-order valence-electron chi connectivity index (χ0n) is 13.9. The number of halogens is 1. The number of nitrogens with one attached hydrogen (secondary N) is 2. The monoisotopic (exact) mass is 355 g/mol. The van der Waals surface area contributed by atoms with E-state index >= 15 is 0 Å². The smallest absolute Gasteiger partial charge is 0.191 e. The average Bonchev–Trinajstić information content (AvgIpc) is 2.59. The first kappa shape index (κ1) is 18.4. The fourth-order valence-electron chi connectivity index (χ4n) is 2.54. The van der Waals surface area contributed by atoms with E-state index < -0.39 is 0 Å². The lowest BCUT2D eigenvalue weighted by atomic mass is 9.99. The lowest BCUT2D eigenvalue weighted by molar-refractivity contribution is 0.0783. The van der Waals surface area contributed by atoms with Gasteiger partial charge in [-0.15, -0.1) is 0 Å². The molecule has 128 valence electrons. The third-order valence-electron chi connectivity index (χ3n) is 4.09. The fourth-order valence-corrected chi connectivity index (χ4v) is 3.46. The third-order valence-corrected chi connectivity index (χ3v) is 5.76. The summed E-state index contributed by atoms with van der Waals surface area (Å²) in [6.45, 7) is 6.17. The molecule has 0 aromatic heterocycles. The number of rotatable bonds is 6. The number of hydrogen-bond acceptors (Lipinski definition) is 3. The van der Waals surface area contributed by atoms with Gasteiger partial charge in [0, 0.05) is 36.1 Å². The summed E-state index contributed by atoms with van der Waals surface area (Å²) in [6, 6.07) is 7.82. The minimum atomic E-state index is 0.245. The standard InChI is InChI=1S/C17H26ClN3OS/c1-3-19-16(20-12-14-4-6-15(18)7-5-14)21-13-17(23-2)8-10-22-11-9-17/h4-7H,3,8-13H2,1-2H3,(H2,19,20,21). The molecule has 0 bridgehead atoms. The lowest BCUT2D eigenvalue weighted by Crippen LogP contribution is -2.47. The van der Waals surface area contributed by atoms with Crippen molar-refractivity contribution in [3.63, 3.8) is 0 Å². The van der Waals surface area contributed by atoms with Crippen molar-refractivity contribution in [1.82, 2.24) is 10.6 Å². The Morgan fingerprint density at radius 3 is 2.57 bits per heavy atom. The highest BCUT2D eigenvalue weighted by Crippen LogP contribution is 2.32. The molecule has 0 aliphatic carbocycles. The topological polar surface area (TPSA) is 45.7 Å². The number of nitrogens with zero attached hydrogens (tertiary/aromatic N) is 1. The van der Waals surface area contributed by atoms with Gasteiger partial charge in [0.2, 0.25) is 0 Å². The largest absolute Gasteiger partial charge is 0.381 e. The molecule has 23 heavy (non-hydrogen) atoms. The number of aliphatic imine (C=N–C) groups is 1. The zero-order chi connectivity index (χ0) is 16.5. The Morgan fingerprint density at radius 2 is 1.96 bits per heavy atom. The zero-order valence-corrected chi connectivity index (χ0v) is 15.5. The molecule has 4 nitrogen and oxygen atoms in total. The average molecular weight is 356 g/mol. The Bertz CT molecular complexity index is 501. The molecule has 2 N–H and O–H groups in total. The van der Waals surface area contributed by atoms with Gasteiger partial charge < -0.3 is 15.4 Å². The number of guanidine groups is 1. The first-order valence-electron chi connectivity index (χ1n) is 8.07. The summed E-state index contributed by atoms with van der Waals surface area (Å²) in [4.78, 5) is 4.67. The molecule has 6 heteroatoms. The predicted octanol–water partition coefficient (Wildman–Crippen LogP) is 3.31. The Morgan fingerprint density at radius 1 is 1.26 bits per heavy atom. The fraction of sp³-hybridized carbons (Fsp3) is 0.588. The summed E-state index contributed by atoms with van der Waals surface area (Å²) in [5.74, 6) is 0.863. The van der Waals surface area contributed by atoms with E-state index in [4.69, 9.17) is 16.3 Å². The molecule has 1 aromatic carbocycles. The van der Waals surface area contributed by atoms with Crippen molar-refractivity contribution in [3.05, 3.63) is 34.9 Å². The maximum atomic E-state index is 5.92. The van der Waals surface area contributed by atoms with E-state index in [9.17, 15) is 0 Å². The van der Waals surface area contributed by atoms with Crippen LogP contribution in [-0.2, 0) is 11.3 Å². The van der Waals surface area contributed by atoms with E-state index in [1.807, 2.05) is 36.0 Å². The second-order valence-electron chi connectivity index (χ2n) is 5.67. The second-order valence-corrected chi connectivity index (χ2v) is 7.39. The molecule has 0 atom stereocenters. The highest BCUT2D eigenvalue weighted by molar-refractivity contribution is 8.00. The number of thioether (sulfide) groups is 1. The lowest BCUT2D eigenvalue weighted by Gasteiger charge is -2.36. The maximum Gasteiger partial charge on any atom is 0.191 e. The van der Waals surface area contributed by atoms with Crippen LogP contribution in [-0.4, -0.2) is 43.3 Å². The van der Waals surface area contributed by atoms with Crippen molar-refractivity contribution in [3.8, 4) is 0 Å². The van der Waals surface area contributed by atoms with Gasteiger partial charge in [0.15, 0.2) is 5.96 Å². The van der Waals surface area contributed by atoms with Gasteiger partial charge in [-0.2, -0.15) is 11.8 Å². The van der Waals surface area contributed by atoms with Gasteiger partial charge in [-0.25, -0.2) is 4.99 Å². The molecule has 0 radical (unpaired) electrons. The van der Waals surface area contributed by atoms with Crippen LogP contribution in [0.1, 0.15) is 25.3 Å². The van der Waals surface area contributed by atoms with E-state index in [1.54, 1.807) is 0 Å². The third kappa shape index (κ3) is 5.90. The van der Waals surface area contributed by atoms with E-state index in [2.05, 4.69) is 28.8 Å². The van der Waals surface area contributed by atoms with Gasteiger partial charge >= 0.3 is 0 Å². The van der Waals surface area contributed by atoms with Crippen LogP contribution in [0, 0.1) is 0 Å². The summed E-state index contributed by atoms with van der Waals surface area (Å²) in [6.07, 6.45) is 4.35. The maximum absolute atomic E-state index is 5.92. The normalized spacial score (nSPS) is 17.8. The summed E-state index contributed by atoms with van der Waals surface area (Å²) < 4.78 is 5.74. The molecule has 1 saturated heterocycles. The van der Waals surface area contributed by atoms with Crippen molar-refractivity contribution in [2.75, 3.05) is 32.6 Å². The molecule has 1 heterocycles. The van der Waals surface area contributed by atoms with Gasteiger partial charge in [-0.05, 0) is 43.7 Å². The van der Waals surface area contributed by atoms with Crippen molar-refractivity contribution in [2.24, 2.45) is 4.99 Å². The molecular weight excluding hydrogens is 330 g/mol. The van der Waals surface area contributed by atoms with Crippen LogP contribution in [0.3, 0.4) is 0 Å². The van der Waals surface area contributed by atoms with E-state index in [0.29, 0.717) is 6.54 Å². The highest BCUT2D eigenvalue weighted by Gasteiger charge is 2.31. The first-order chi connectivity index (χ1) is 11.2. The molecular formula is C17H26ClN3OS. The molecule has 0 amide bonds. The molecule has 1 fully saturated rings. The number of hydrogen-bond donors (Lipinski definition) is 2. The minimum Gasteiger partial charge on any atom is -0.381 e. The van der Waals surface area contributed by atoms with Gasteiger partial charge in [0.25, 0.3) is 0 Å². The van der Waals surface area contributed by atoms with Crippen LogP contribution in [0.2, 0.25) is 5.02 Å². The van der Waals surface area contributed by atoms with Crippen LogP contribution in [0.5, 0.6) is 0 Å². The van der Waals surface area contributed by atoms with Gasteiger partial charge in [0.1, 0.15) is 0 Å². The van der Waals surface area contributed by atoms with Crippen molar-refractivity contribution in [2.45, 2.75) is 31.1 Å². The summed E-state index contributed by atoms with van der Waals surface area (Å²) >= 11 is 7.85. The van der Waals surface area contributed by atoms with Crippen molar-refractivity contribution >= 4 is 29.3 Å². The molecule has 0 spiro atoms. The molecule has 1 aliphatic heterocycles. The van der Waals surface area contributed by atoms with E-state index in [1.165, 1.54) is 0 Å². The second kappa shape index (κ2) is 9.40. The van der Waals surface area contributed by atoms with Gasteiger partial charge in [0.05, 0.1) is 6.54 Å². The molecule has 1 aromatic rings. The Balaban J connectivity index is 1.94. The SMILES string of the molecule is CCNC(=NCc1ccc(Cl)cc1)NCC1(SC)CCOCC1. The molecule has 2 rings (SSSR count). The van der Waals surface area contributed by atoms with Gasteiger partial charge in [-0.3, -0.25) is 0 Å². The van der Waals surface area contributed by atoms with E-state index in [-0.39, 0.29) is 4.75 Å². The predicted molar refractivity (Wildman–Crippen MR) is 101 cm³/mol. The summed E-state index contributed by atoms with van der Waals surface area (Å²) in [7, 11) is 0. The van der Waals surface area contributed by atoms with Crippen LogP contribution >= 0.6 is 23.4 Å².